The number of allylic oxidation sites excluding steroid dienone is 1. The number of nitrogens with zero attached hydrogens (tertiary/aromatic N) is 4. The summed E-state index contributed by atoms with van der Waals surface area (Å²) in [6.07, 6.45) is 13.0. The number of hydrogen-bond donors (Lipinski definition) is 3. The summed E-state index contributed by atoms with van der Waals surface area (Å²) >= 11 is 1.53. The zero-order chi connectivity index (χ0) is 42.5. The van der Waals surface area contributed by atoms with Crippen molar-refractivity contribution in [3.05, 3.63) is 47.0 Å². The fourth-order valence-electron chi connectivity index (χ4n) is 9.14. The van der Waals surface area contributed by atoms with Crippen molar-refractivity contribution in [2.75, 3.05) is 26.7 Å². The van der Waals surface area contributed by atoms with Gasteiger partial charge >= 0.3 is 6.03 Å². The molecule has 3 aliphatic carbocycles. The Balaban J connectivity index is 1.05. The van der Waals surface area contributed by atoms with Gasteiger partial charge in [0.15, 0.2) is 0 Å². The maximum absolute atomic E-state index is 14.9. The van der Waals surface area contributed by atoms with Crippen LogP contribution in [0.4, 0.5) is 4.79 Å². The smallest absolute Gasteiger partial charge is 0.318 e. The van der Waals surface area contributed by atoms with Gasteiger partial charge in [-0.1, -0.05) is 25.0 Å². The Labute approximate surface area is 360 Å². The summed E-state index contributed by atoms with van der Waals surface area (Å²) in [5.74, 6) is -0.514. The molecular formula is C44H55N7O8S2. The van der Waals surface area contributed by atoms with E-state index in [1.54, 1.807) is 12.0 Å². The highest BCUT2D eigenvalue weighted by Crippen LogP contribution is 2.47. The van der Waals surface area contributed by atoms with E-state index in [2.05, 4.69) is 20.7 Å². The summed E-state index contributed by atoms with van der Waals surface area (Å²) < 4.78 is 40.8. The molecular weight excluding hydrogens is 819 g/mol. The van der Waals surface area contributed by atoms with Gasteiger partial charge in [0.25, 0.3) is 5.91 Å². The lowest BCUT2D eigenvalue weighted by Crippen LogP contribution is -2.59. The van der Waals surface area contributed by atoms with Crippen LogP contribution in [0.25, 0.3) is 21.6 Å². The molecule has 5 atom stereocenters. The summed E-state index contributed by atoms with van der Waals surface area (Å²) in [4.78, 5) is 70.3. The SMILES string of the molecule is COc1ccc2c(O[C@@H]3C[C@H]4C(=O)N[C@]5(C(=O)NS(=O)(=O)C6CC6)C[C@H]5/C=C\CCCCC[C@H](NC(=O)N5CCCCC5)C(=O)N4C3)cc(-c3nc(C4CC4)cs3)nc2c1C. The van der Waals surface area contributed by atoms with Crippen LogP contribution in [0.3, 0.4) is 0 Å². The zero-order valence-electron chi connectivity index (χ0n) is 34.8. The van der Waals surface area contributed by atoms with Crippen molar-refractivity contribution in [1.82, 2.24) is 35.1 Å². The van der Waals surface area contributed by atoms with E-state index in [9.17, 15) is 27.6 Å². The molecule has 5 fully saturated rings. The number of aryl methyl sites for hydroxylation is 1. The number of piperidine rings is 1. The van der Waals surface area contributed by atoms with Crippen LogP contribution in [0.15, 0.2) is 35.7 Å². The van der Waals surface area contributed by atoms with Gasteiger partial charge in [-0.15, -0.1) is 11.3 Å². The summed E-state index contributed by atoms with van der Waals surface area (Å²) in [6, 6.07) is 3.34. The molecule has 5 heterocycles. The third-order valence-corrected chi connectivity index (χ3v) is 15.9. The van der Waals surface area contributed by atoms with Crippen LogP contribution in [0, 0.1) is 12.8 Å². The second kappa shape index (κ2) is 16.8. The van der Waals surface area contributed by atoms with Gasteiger partial charge in [-0.2, -0.15) is 0 Å². The van der Waals surface area contributed by atoms with E-state index in [1.807, 2.05) is 37.3 Å². The van der Waals surface area contributed by atoms with E-state index < -0.39 is 62.6 Å². The molecule has 0 bridgehead atoms. The molecule has 61 heavy (non-hydrogen) atoms. The fourth-order valence-corrected chi connectivity index (χ4v) is 11.4. The Kier molecular flexibility index (Phi) is 11.5. The molecule has 0 unspecified atom stereocenters. The molecule has 6 aliphatic rings. The van der Waals surface area contributed by atoms with Crippen molar-refractivity contribution in [2.24, 2.45) is 5.92 Å². The predicted octanol–water partition coefficient (Wildman–Crippen LogP) is 5.47. The lowest BCUT2D eigenvalue weighted by Gasteiger charge is -2.32. The summed E-state index contributed by atoms with van der Waals surface area (Å²) in [5, 5.41) is 8.95. The second-order valence-corrected chi connectivity index (χ2v) is 20.5. The van der Waals surface area contributed by atoms with Crippen LogP contribution in [-0.2, 0) is 24.4 Å². The number of urea groups is 1. The molecule has 9 rings (SSSR count). The molecule has 2 aromatic heterocycles. The predicted molar refractivity (Wildman–Crippen MR) is 230 cm³/mol. The first kappa shape index (κ1) is 41.6. The van der Waals surface area contributed by atoms with Gasteiger partial charge in [0.05, 0.1) is 30.1 Å². The van der Waals surface area contributed by atoms with Crippen LogP contribution in [0.1, 0.15) is 107 Å². The molecule has 3 N–H and O–H groups in total. The standard InChI is InChI=1S/C44H55N7O8S2/c1-26-36(58-2)18-17-31-37(22-33(45-38(26)31)40-46-34(25-60-40)27-13-14-27)59-29-21-35-39(52)48-44(42(54)49-61(56,57)30-15-16-30)23-28(44)11-7-4-3-5-8-12-32(41(53)51(35)24-29)47-43(55)50-19-9-6-10-20-50/h7,11,17-18,22,25,27-30,32,35H,3-6,8-10,12-16,19-21,23-24H2,1-2H3,(H,47,55)(H,48,52)(H,49,54)/b11-7-/t28-,29-,32+,35+,44-/m1/s1. The van der Waals surface area contributed by atoms with E-state index in [0.717, 1.165) is 73.0 Å². The molecule has 0 radical (unpaired) electrons. The van der Waals surface area contributed by atoms with Gasteiger partial charge in [0.1, 0.15) is 45.9 Å². The van der Waals surface area contributed by atoms with E-state index in [4.69, 9.17) is 19.4 Å². The second-order valence-electron chi connectivity index (χ2n) is 17.7. The van der Waals surface area contributed by atoms with Crippen molar-refractivity contribution in [2.45, 2.75) is 132 Å². The van der Waals surface area contributed by atoms with Crippen molar-refractivity contribution < 1.29 is 37.1 Å². The van der Waals surface area contributed by atoms with E-state index in [-0.39, 0.29) is 25.4 Å². The molecule has 15 nitrogen and oxygen atoms in total. The molecule has 326 valence electrons. The Morgan fingerprint density at radius 1 is 0.984 bits per heavy atom. The van der Waals surface area contributed by atoms with Crippen LogP contribution in [0.5, 0.6) is 11.5 Å². The number of nitrogens with one attached hydrogen (secondary N) is 3. The van der Waals surface area contributed by atoms with Gasteiger partial charge < -0.3 is 29.9 Å². The summed E-state index contributed by atoms with van der Waals surface area (Å²) in [7, 11) is -2.29. The number of methoxy groups -OCH3 is 1. The van der Waals surface area contributed by atoms with Crippen LogP contribution in [0.2, 0.25) is 0 Å². The van der Waals surface area contributed by atoms with E-state index >= 15 is 0 Å². The number of fused-ring (bicyclic) bond motifs is 3. The molecule has 0 spiro atoms. The number of pyridine rings is 1. The molecule has 17 heteroatoms. The number of rotatable bonds is 9. The average molecular weight is 874 g/mol. The highest BCUT2D eigenvalue weighted by molar-refractivity contribution is 7.91. The monoisotopic (exact) mass is 873 g/mol. The highest BCUT2D eigenvalue weighted by atomic mass is 32.2. The molecule has 5 amide bonds. The lowest BCUT2D eigenvalue weighted by atomic mass is 10.0. The Morgan fingerprint density at radius 3 is 2.52 bits per heavy atom. The van der Waals surface area contributed by atoms with Gasteiger partial charge in [-0.05, 0) is 89.7 Å². The minimum absolute atomic E-state index is 0.0307. The number of carbonyl (C=O) groups excluding carboxylic acids is 4. The maximum atomic E-state index is 14.9. The number of sulfonamides is 1. The van der Waals surface area contributed by atoms with Crippen molar-refractivity contribution in [1.29, 1.82) is 0 Å². The highest BCUT2D eigenvalue weighted by Gasteiger charge is 2.62. The summed E-state index contributed by atoms with van der Waals surface area (Å²) in [5.41, 5.74) is 1.71. The topological polar surface area (TPSA) is 189 Å². The fraction of sp³-hybridized carbons (Fsp3) is 0.591. The number of thiazole rings is 1. The largest absolute Gasteiger partial charge is 0.496 e. The quantitative estimate of drug-likeness (QED) is 0.233. The van der Waals surface area contributed by atoms with Crippen molar-refractivity contribution >= 4 is 56.0 Å². The number of ether oxygens (including phenoxy) is 2. The van der Waals surface area contributed by atoms with Gasteiger partial charge in [-0.25, -0.2) is 23.2 Å². The first-order valence-corrected chi connectivity index (χ1v) is 24.4. The van der Waals surface area contributed by atoms with E-state index in [0.29, 0.717) is 67.4 Å². The maximum Gasteiger partial charge on any atom is 0.318 e. The first-order valence-electron chi connectivity index (χ1n) is 22.0. The van der Waals surface area contributed by atoms with E-state index in [1.165, 1.54) is 16.2 Å². The Hall–Kier alpha value is -4.77. The normalized spacial score (nSPS) is 27.8. The third-order valence-electron chi connectivity index (χ3n) is 13.2. The number of aromatic nitrogens is 2. The minimum atomic E-state index is -3.90. The lowest BCUT2D eigenvalue weighted by molar-refractivity contribution is -0.141. The van der Waals surface area contributed by atoms with Crippen LogP contribution in [-0.4, -0.2) is 108 Å². The first-order chi connectivity index (χ1) is 29.4. The molecule has 3 aliphatic heterocycles. The Morgan fingerprint density at radius 2 is 1.77 bits per heavy atom. The van der Waals surface area contributed by atoms with Crippen molar-refractivity contribution in [3.8, 4) is 22.2 Å². The average Bonchev–Trinajstić information content (AvgIpc) is 4.21. The minimum Gasteiger partial charge on any atom is -0.496 e. The molecule has 3 aromatic rings. The number of carbonyl (C=O) groups is 4. The van der Waals surface area contributed by atoms with Crippen LogP contribution >= 0.6 is 11.3 Å². The number of hydrogen-bond acceptors (Lipinski definition) is 11. The van der Waals surface area contributed by atoms with Crippen LogP contribution < -0.4 is 24.8 Å². The van der Waals surface area contributed by atoms with Crippen molar-refractivity contribution in [3.63, 3.8) is 0 Å². The van der Waals surface area contributed by atoms with Gasteiger partial charge in [-0.3, -0.25) is 19.1 Å². The van der Waals surface area contributed by atoms with Gasteiger partial charge in [0.2, 0.25) is 21.8 Å². The number of benzene rings is 1. The van der Waals surface area contributed by atoms with Gasteiger partial charge in [0, 0.05) is 53.7 Å². The Bertz CT molecular complexity index is 2360. The third kappa shape index (κ3) is 8.69. The number of amides is 5. The summed E-state index contributed by atoms with van der Waals surface area (Å²) in [6.45, 7) is 3.20. The molecule has 2 saturated heterocycles. The molecule has 1 aromatic carbocycles. The number of likely N-dealkylation sites (tertiary alicyclic amines) is 1. The zero-order valence-corrected chi connectivity index (χ0v) is 36.5. The molecule has 3 saturated carbocycles.